The Morgan fingerprint density at radius 3 is 2.35 bits per heavy atom. The van der Waals surface area contributed by atoms with Gasteiger partial charge in [-0.2, -0.15) is 0 Å². The molecule has 2 aromatic carbocycles. The van der Waals surface area contributed by atoms with Crippen molar-refractivity contribution in [2.75, 3.05) is 31.6 Å². The van der Waals surface area contributed by atoms with Gasteiger partial charge in [-0.3, -0.25) is 9.59 Å². The first-order valence-corrected chi connectivity index (χ1v) is 12.9. The molecule has 182 valence electrons. The Morgan fingerprint density at radius 2 is 1.62 bits per heavy atom. The number of benzene rings is 2. The van der Waals surface area contributed by atoms with Crippen LogP contribution in [0.15, 0.2) is 53.4 Å². The number of hydrogen-bond donors (Lipinski definition) is 3. The molecule has 2 amide bonds. The summed E-state index contributed by atoms with van der Waals surface area (Å²) in [5.41, 5.74) is 0.571. The standard InChI is InChI=1S/C24H29N3O6S/c28-23(27-19-10-11-21-22(14-19)33-13-12-32-21)16-25-24(29)18-8-6-17(7-9-18)15-26-34(30,31)20-4-2-1-3-5-20/h1-5,10-11,14,17-18,26H,6-9,12-13,15-16H2,(H,25,29)(H,27,28). The fraction of sp³-hybridized carbons (Fsp3) is 0.417. The van der Waals surface area contributed by atoms with Crippen LogP contribution in [-0.4, -0.2) is 46.5 Å². The molecule has 0 atom stereocenters. The van der Waals surface area contributed by atoms with Crippen LogP contribution in [0.25, 0.3) is 0 Å². The van der Waals surface area contributed by atoms with Crippen molar-refractivity contribution in [2.45, 2.75) is 30.6 Å². The first kappa shape index (κ1) is 24.0. The summed E-state index contributed by atoms with van der Waals surface area (Å²) in [5, 5.41) is 5.46. The van der Waals surface area contributed by atoms with E-state index in [0.717, 1.165) is 12.8 Å². The molecule has 1 aliphatic heterocycles. The Bertz CT molecular complexity index is 1110. The second-order valence-corrected chi connectivity index (χ2v) is 10.3. The van der Waals surface area contributed by atoms with Crippen LogP contribution in [-0.2, 0) is 19.6 Å². The normalized spacial score (nSPS) is 19.8. The summed E-state index contributed by atoms with van der Waals surface area (Å²) < 4.78 is 38.4. The van der Waals surface area contributed by atoms with E-state index >= 15 is 0 Å². The highest BCUT2D eigenvalue weighted by Crippen LogP contribution is 2.32. The number of rotatable bonds is 8. The minimum Gasteiger partial charge on any atom is -0.486 e. The van der Waals surface area contributed by atoms with Crippen LogP contribution >= 0.6 is 0 Å². The topological polar surface area (TPSA) is 123 Å². The smallest absolute Gasteiger partial charge is 0.243 e. The second kappa shape index (κ2) is 10.9. The third-order valence-corrected chi connectivity index (χ3v) is 7.52. The molecule has 2 aromatic rings. The molecule has 2 aliphatic rings. The highest BCUT2D eigenvalue weighted by molar-refractivity contribution is 7.89. The summed E-state index contributed by atoms with van der Waals surface area (Å²) in [4.78, 5) is 25.0. The lowest BCUT2D eigenvalue weighted by molar-refractivity contribution is -0.128. The zero-order chi connectivity index (χ0) is 24.0. The van der Waals surface area contributed by atoms with E-state index in [1.165, 1.54) is 0 Å². The molecule has 0 radical (unpaired) electrons. The number of amides is 2. The van der Waals surface area contributed by atoms with Crippen molar-refractivity contribution in [3.05, 3.63) is 48.5 Å². The van der Waals surface area contributed by atoms with Gasteiger partial charge in [0.05, 0.1) is 11.4 Å². The molecule has 0 spiro atoms. The number of hydrogen-bond acceptors (Lipinski definition) is 6. The Kier molecular flexibility index (Phi) is 7.69. The number of fused-ring (bicyclic) bond motifs is 1. The highest BCUT2D eigenvalue weighted by atomic mass is 32.2. The van der Waals surface area contributed by atoms with Crippen LogP contribution in [0.5, 0.6) is 11.5 Å². The zero-order valence-corrected chi connectivity index (χ0v) is 19.6. The molecule has 0 saturated heterocycles. The number of carbonyl (C=O) groups excluding carboxylic acids is 2. The van der Waals surface area contributed by atoms with Crippen molar-refractivity contribution >= 4 is 27.5 Å². The number of anilines is 1. The molecule has 1 fully saturated rings. The van der Waals surface area contributed by atoms with E-state index in [1.54, 1.807) is 48.5 Å². The van der Waals surface area contributed by atoms with Gasteiger partial charge in [0, 0.05) is 24.2 Å². The van der Waals surface area contributed by atoms with E-state index in [9.17, 15) is 18.0 Å². The van der Waals surface area contributed by atoms with Gasteiger partial charge in [-0.05, 0) is 55.9 Å². The quantitative estimate of drug-likeness (QED) is 0.525. The first-order valence-electron chi connectivity index (χ1n) is 11.4. The second-order valence-electron chi connectivity index (χ2n) is 8.51. The lowest BCUT2D eigenvalue weighted by Gasteiger charge is -2.27. The van der Waals surface area contributed by atoms with E-state index in [1.807, 2.05) is 0 Å². The fourth-order valence-corrected chi connectivity index (χ4v) is 5.31. The molecule has 1 heterocycles. The average Bonchev–Trinajstić information content (AvgIpc) is 2.87. The summed E-state index contributed by atoms with van der Waals surface area (Å²) in [6.07, 6.45) is 2.82. The molecular weight excluding hydrogens is 458 g/mol. The number of carbonyl (C=O) groups is 2. The van der Waals surface area contributed by atoms with Crippen molar-refractivity contribution in [1.82, 2.24) is 10.0 Å². The Hall–Kier alpha value is -3.11. The maximum absolute atomic E-state index is 12.5. The molecule has 4 rings (SSSR count). The molecule has 1 saturated carbocycles. The number of nitrogens with one attached hydrogen (secondary N) is 3. The van der Waals surface area contributed by atoms with Gasteiger partial charge in [-0.25, -0.2) is 13.1 Å². The summed E-state index contributed by atoms with van der Waals surface area (Å²) in [6.45, 7) is 1.19. The molecule has 9 nitrogen and oxygen atoms in total. The minimum atomic E-state index is -3.53. The van der Waals surface area contributed by atoms with Crippen LogP contribution in [0.1, 0.15) is 25.7 Å². The van der Waals surface area contributed by atoms with E-state index in [4.69, 9.17) is 9.47 Å². The van der Waals surface area contributed by atoms with Crippen molar-refractivity contribution in [3.8, 4) is 11.5 Å². The van der Waals surface area contributed by atoms with Crippen LogP contribution < -0.4 is 24.8 Å². The molecule has 10 heteroatoms. The third-order valence-electron chi connectivity index (χ3n) is 6.08. The number of ether oxygens (including phenoxy) is 2. The van der Waals surface area contributed by atoms with Crippen molar-refractivity contribution in [3.63, 3.8) is 0 Å². The van der Waals surface area contributed by atoms with Crippen LogP contribution in [0.2, 0.25) is 0 Å². The lowest BCUT2D eigenvalue weighted by Crippen LogP contribution is -2.39. The van der Waals surface area contributed by atoms with E-state index in [0.29, 0.717) is 49.8 Å². The van der Waals surface area contributed by atoms with Gasteiger partial charge >= 0.3 is 0 Å². The maximum atomic E-state index is 12.5. The molecule has 0 unspecified atom stereocenters. The lowest BCUT2D eigenvalue weighted by atomic mass is 9.81. The van der Waals surface area contributed by atoms with Crippen LogP contribution in [0.4, 0.5) is 5.69 Å². The monoisotopic (exact) mass is 487 g/mol. The predicted molar refractivity (Wildman–Crippen MR) is 126 cm³/mol. The summed E-state index contributed by atoms with van der Waals surface area (Å²) >= 11 is 0. The predicted octanol–water partition coefficient (Wildman–Crippen LogP) is 2.30. The molecule has 3 N–H and O–H groups in total. The van der Waals surface area contributed by atoms with Gasteiger partial charge in [-0.15, -0.1) is 0 Å². The molecule has 0 aromatic heterocycles. The summed E-state index contributed by atoms with van der Waals surface area (Å²) in [6, 6.07) is 13.4. The largest absolute Gasteiger partial charge is 0.486 e. The zero-order valence-electron chi connectivity index (χ0n) is 18.8. The Balaban J connectivity index is 1.17. The van der Waals surface area contributed by atoms with E-state index in [2.05, 4.69) is 15.4 Å². The Labute approximate surface area is 199 Å². The average molecular weight is 488 g/mol. The van der Waals surface area contributed by atoms with E-state index in [-0.39, 0.29) is 35.1 Å². The van der Waals surface area contributed by atoms with Crippen molar-refractivity contribution in [1.29, 1.82) is 0 Å². The Morgan fingerprint density at radius 1 is 0.912 bits per heavy atom. The molecule has 1 aliphatic carbocycles. The van der Waals surface area contributed by atoms with Crippen molar-refractivity contribution < 1.29 is 27.5 Å². The molecule has 34 heavy (non-hydrogen) atoms. The van der Waals surface area contributed by atoms with Gasteiger partial charge in [0.1, 0.15) is 13.2 Å². The molecule has 0 bridgehead atoms. The molecular formula is C24H29N3O6S. The fourth-order valence-electron chi connectivity index (χ4n) is 4.18. The first-order chi connectivity index (χ1) is 16.4. The van der Waals surface area contributed by atoms with Crippen LogP contribution in [0.3, 0.4) is 0 Å². The van der Waals surface area contributed by atoms with Gasteiger partial charge in [0.15, 0.2) is 11.5 Å². The van der Waals surface area contributed by atoms with Crippen molar-refractivity contribution in [2.24, 2.45) is 11.8 Å². The van der Waals surface area contributed by atoms with Crippen LogP contribution in [0, 0.1) is 11.8 Å². The maximum Gasteiger partial charge on any atom is 0.243 e. The summed E-state index contributed by atoms with van der Waals surface area (Å²) in [5.74, 6) is 0.747. The van der Waals surface area contributed by atoms with E-state index < -0.39 is 10.0 Å². The van der Waals surface area contributed by atoms with Gasteiger partial charge in [0.2, 0.25) is 21.8 Å². The summed E-state index contributed by atoms with van der Waals surface area (Å²) in [7, 11) is -3.53. The van der Waals surface area contributed by atoms with Gasteiger partial charge in [-0.1, -0.05) is 18.2 Å². The van der Waals surface area contributed by atoms with Gasteiger partial charge < -0.3 is 20.1 Å². The third kappa shape index (κ3) is 6.27. The van der Waals surface area contributed by atoms with Gasteiger partial charge in [0.25, 0.3) is 0 Å². The number of sulfonamides is 1. The SMILES string of the molecule is O=C(CNC(=O)C1CCC(CNS(=O)(=O)c2ccccc2)CC1)Nc1ccc2c(c1)OCCO2. The highest BCUT2D eigenvalue weighted by Gasteiger charge is 2.27. The minimum absolute atomic E-state index is 0.121.